The predicted molar refractivity (Wildman–Crippen MR) is 146 cm³/mol. The number of fused-ring (bicyclic) bond motifs is 1. The van der Waals surface area contributed by atoms with Crippen molar-refractivity contribution in [1.29, 1.82) is 0 Å². The minimum atomic E-state index is -3.69. The van der Waals surface area contributed by atoms with Gasteiger partial charge in [0, 0.05) is 60.7 Å². The first kappa shape index (κ1) is 26.2. The number of pyridine rings is 3. The summed E-state index contributed by atoms with van der Waals surface area (Å²) in [7, 11) is -3.69. The summed E-state index contributed by atoms with van der Waals surface area (Å²) in [5.74, 6) is -1.28. The molecule has 0 radical (unpaired) electrons. The van der Waals surface area contributed by atoms with E-state index < -0.39 is 21.6 Å². The fourth-order valence-corrected chi connectivity index (χ4v) is 5.56. The van der Waals surface area contributed by atoms with Gasteiger partial charge in [0.15, 0.2) is 9.84 Å². The number of piperazine rings is 1. The van der Waals surface area contributed by atoms with Crippen LogP contribution in [0.2, 0.25) is 0 Å². The number of rotatable bonds is 6. The Labute approximate surface area is 229 Å². The third-order valence-electron chi connectivity index (χ3n) is 7.21. The molecule has 0 unspecified atom stereocenters. The molecular weight excluding hydrogens is 538 g/mol. The molecule has 2 aliphatic rings. The monoisotopic (exact) mass is 564 g/mol. The van der Waals surface area contributed by atoms with Crippen LogP contribution in [-0.2, 0) is 16.4 Å². The summed E-state index contributed by atoms with van der Waals surface area (Å²) in [6.45, 7) is 2.36. The van der Waals surface area contributed by atoms with Gasteiger partial charge in [-0.2, -0.15) is 0 Å². The fourth-order valence-electron chi connectivity index (χ4n) is 4.89. The van der Waals surface area contributed by atoms with Gasteiger partial charge in [0.25, 0.3) is 5.91 Å². The van der Waals surface area contributed by atoms with Crippen LogP contribution in [-0.4, -0.2) is 60.7 Å². The van der Waals surface area contributed by atoms with Gasteiger partial charge in [-0.1, -0.05) is 0 Å². The van der Waals surface area contributed by atoms with Crippen molar-refractivity contribution in [2.24, 2.45) is 0 Å². The Hall–Kier alpha value is -4.03. The van der Waals surface area contributed by atoms with E-state index >= 15 is 0 Å². The van der Waals surface area contributed by atoms with Crippen LogP contribution in [0, 0.1) is 11.6 Å². The topological polar surface area (TPSA) is 117 Å². The summed E-state index contributed by atoms with van der Waals surface area (Å²) >= 11 is 0. The van der Waals surface area contributed by atoms with Gasteiger partial charge in [0.1, 0.15) is 17.5 Å². The molecule has 206 valence electrons. The van der Waals surface area contributed by atoms with Crippen LogP contribution < -0.4 is 15.5 Å². The zero-order chi connectivity index (χ0) is 28.1. The lowest BCUT2D eigenvalue weighted by molar-refractivity contribution is 0.0949. The zero-order valence-electron chi connectivity index (χ0n) is 21.6. The molecule has 1 aliphatic carbocycles. The fraction of sp³-hybridized carbons (Fsp3) is 0.286. The van der Waals surface area contributed by atoms with Gasteiger partial charge in [-0.15, -0.1) is 0 Å². The van der Waals surface area contributed by atoms with Gasteiger partial charge < -0.3 is 15.5 Å². The lowest BCUT2D eigenvalue weighted by Crippen LogP contribution is -2.52. The summed E-state index contributed by atoms with van der Waals surface area (Å²) in [5, 5.41) is 6.92. The quantitative estimate of drug-likeness (QED) is 0.367. The van der Waals surface area contributed by atoms with Gasteiger partial charge in [-0.25, -0.2) is 27.2 Å². The van der Waals surface area contributed by atoms with E-state index in [9.17, 15) is 22.0 Å². The minimum absolute atomic E-state index is 0.00148. The molecule has 2 fully saturated rings. The van der Waals surface area contributed by atoms with Crippen molar-refractivity contribution in [3.63, 3.8) is 0 Å². The molecule has 6 rings (SSSR count). The van der Waals surface area contributed by atoms with E-state index in [4.69, 9.17) is 4.98 Å². The van der Waals surface area contributed by atoms with E-state index in [1.54, 1.807) is 18.3 Å². The lowest BCUT2D eigenvalue weighted by Gasteiger charge is -2.35. The highest BCUT2D eigenvalue weighted by Gasteiger charge is 2.45. The number of amides is 1. The number of hydrogen-bond donors (Lipinski definition) is 2. The normalized spacial score (nSPS) is 16.3. The number of anilines is 1. The molecule has 9 nitrogen and oxygen atoms in total. The standard InChI is InChI=1S/C28H26F2N6O3S/c1-40(38,39)22-9-18(8-19(29)10-22)27(37)32-15-21-13-24-17(14-31-21)2-3-23(34-24)25-11-20(30)12-26(35-25)36-7-6-33-28(16-36)4-5-28/h2-3,8-14,33H,4-7,15-16H2,1H3,(H,32,37). The molecule has 4 heterocycles. The summed E-state index contributed by atoms with van der Waals surface area (Å²) in [6, 6.07) is 11.1. The van der Waals surface area contributed by atoms with E-state index in [0.29, 0.717) is 28.4 Å². The van der Waals surface area contributed by atoms with Crippen molar-refractivity contribution in [2.45, 2.75) is 29.8 Å². The van der Waals surface area contributed by atoms with Gasteiger partial charge in [0.2, 0.25) is 0 Å². The van der Waals surface area contributed by atoms with Crippen LogP contribution in [0.15, 0.2) is 59.6 Å². The van der Waals surface area contributed by atoms with Gasteiger partial charge in [-0.3, -0.25) is 9.78 Å². The van der Waals surface area contributed by atoms with Crippen LogP contribution in [0.5, 0.6) is 0 Å². The maximum atomic E-state index is 14.7. The third-order valence-corrected chi connectivity index (χ3v) is 8.31. The Balaban J connectivity index is 1.22. The van der Waals surface area contributed by atoms with E-state index in [0.717, 1.165) is 62.3 Å². The number of aromatic nitrogens is 3. The summed E-state index contributed by atoms with van der Waals surface area (Å²) in [5.41, 5.74) is 1.98. The molecule has 1 saturated carbocycles. The molecule has 1 aromatic carbocycles. The highest BCUT2D eigenvalue weighted by Crippen LogP contribution is 2.38. The largest absolute Gasteiger partial charge is 0.353 e. The maximum absolute atomic E-state index is 14.7. The first-order chi connectivity index (χ1) is 19.1. The van der Waals surface area contributed by atoms with Crippen molar-refractivity contribution >= 4 is 32.5 Å². The van der Waals surface area contributed by atoms with Crippen molar-refractivity contribution < 1.29 is 22.0 Å². The number of hydrogen-bond acceptors (Lipinski definition) is 8. The molecule has 1 amide bonds. The zero-order valence-corrected chi connectivity index (χ0v) is 22.4. The van der Waals surface area contributed by atoms with Crippen LogP contribution >= 0.6 is 0 Å². The van der Waals surface area contributed by atoms with Crippen molar-refractivity contribution in [3.8, 4) is 11.4 Å². The van der Waals surface area contributed by atoms with Gasteiger partial charge >= 0.3 is 0 Å². The highest BCUT2D eigenvalue weighted by atomic mass is 32.2. The van der Waals surface area contributed by atoms with Crippen molar-refractivity contribution in [2.75, 3.05) is 30.8 Å². The van der Waals surface area contributed by atoms with Gasteiger partial charge in [0.05, 0.1) is 34.0 Å². The van der Waals surface area contributed by atoms with Crippen molar-refractivity contribution in [1.82, 2.24) is 25.6 Å². The second-order valence-corrected chi connectivity index (χ2v) is 12.4. The van der Waals surface area contributed by atoms with Crippen LogP contribution in [0.4, 0.5) is 14.6 Å². The summed E-state index contributed by atoms with van der Waals surface area (Å²) < 4.78 is 52.2. The van der Waals surface area contributed by atoms with E-state index in [1.807, 2.05) is 6.07 Å². The number of nitrogens with one attached hydrogen (secondary N) is 2. The molecule has 1 spiro atoms. The Morgan fingerprint density at radius 2 is 1.85 bits per heavy atom. The average molecular weight is 565 g/mol. The first-order valence-corrected chi connectivity index (χ1v) is 14.7. The van der Waals surface area contributed by atoms with Crippen LogP contribution in [0.1, 0.15) is 28.9 Å². The number of nitrogens with zero attached hydrogens (tertiary/aromatic N) is 4. The number of carbonyl (C=O) groups excluding carboxylic acids is 1. The Morgan fingerprint density at radius 1 is 1.05 bits per heavy atom. The predicted octanol–water partition coefficient (Wildman–Crippen LogP) is 3.25. The van der Waals surface area contributed by atoms with Crippen molar-refractivity contribution in [3.05, 3.63) is 77.6 Å². The molecule has 1 saturated heterocycles. The molecule has 0 atom stereocenters. The SMILES string of the molecule is CS(=O)(=O)c1cc(F)cc(C(=O)NCc2cc3nc(-c4cc(F)cc(N5CCNC6(CC6)C5)n4)ccc3cn2)c1. The highest BCUT2D eigenvalue weighted by molar-refractivity contribution is 7.90. The number of halogens is 2. The molecule has 12 heteroatoms. The Kier molecular flexibility index (Phi) is 6.46. The van der Waals surface area contributed by atoms with E-state index in [2.05, 4.69) is 25.5 Å². The maximum Gasteiger partial charge on any atom is 0.251 e. The second-order valence-electron chi connectivity index (χ2n) is 10.4. The minimum Gasteiger partial charge on any atom is -0.353 e. The number of sulfone groups is 1. The van der Waals surface area contributed by atoms with Crippen LogP contribution in [0.3, 0.4) is 0 Å². The summed E-state index contributed by atoms with van der Waals surface area (Å²) in [4.78, 5) is 28.2. The molecule has 40 heavy (non-hydrogen) atoms. The Bertz CT molecular complexity index is 1760. The summed E-state index contributed by atoms with van der Waals surface area (Å²) in [6.07, 6.45) is 4.77. The molecule has 4 aromatic rings. The molecule has 1 aliphatic heterocycles. The average Bonchev–Trinajstić information content (AvgIpc) is 3.67. The first-order valence-electron chi connectivity index (χ1n) is 12.8. The molecule has 3 aromatic heterocycles. The Morgan fingerprint density at radius 3 is 2.62 bits per heavy atom. The molecule has 0 bridgehead atoms. The van der Waals surface area contributed by atoms with Gasteiger partial charge in [-0.05, 0) is 49.2 Å². The number of carbonyl (C=O) groups is 1. The second kappa shape index (κ2) is 9.86. The van der Waals surface area contributed by atoms with E-state index in [1.165, 1.54) is 12.1 Å². The van der Waals surface area contributed by atoms with E-state index in [-0.39, 0.29) is 28.4 Å². The lowest BCUT2D eigenvalue weighted by atomic mass is 10.1. The third kappa shape index (κ3) is 5.50. The number of benzene rings is 1. The smallest absolute Gasteiger partial charge is 0.251 e. The molecule has 2 N–H and O–H groups in total. The molecular formula is C28H26F2N6O3S. The van der Waals surface area contributed by atoms with Crippen LogP contribution in [0.25, 0.3) is 22.3 Å².